The predicted molar refractivity (Wildman–Crippen MR) is 68.7 cm³/mol. The summed E-state index contributed by atoms with van der Waals surface area (Å²) in [6, 6.07) is 4.39. The summed E-state index contributed by atoms with van der Waals surface area (Å²) in [5.41, 5.74) is 1.14. The highest BCUT2D eigenvalue weighted by Crippen LogP contribution is 2.26. The van der Waals surface area contributed by atoms with E-state index in [1.807, 2.05) is 12.3 Å². The van der Waals surface area contributed by atoms with Crippen LogP contribution < -0.4 is 4.90 Å². The van der Waals surface area contributed by atoms with E-state index in [1.165, 1.54) is 0 Å². The molecule has 1 aromatic rings. The van der Waals surface area contributed by atoms with Gasteiger partial charge in [0.1, 0.15) is 5.15 Å². The number of rotatable bonds is 2. The smallest absolute Gasteiger partial charge is 0.132 e. The van der Waals surface area contributed by atoms with Gasteiger partial charge in [-0.3, -0.25) is 0 Å². The summed E-state index contributed by atoms with van der Waals surface area (Å²) in [5.74, 6) is 0. The van der Waals surface area contributed by atoms with E-state index >= 15 is 0 Å². The summed E-state index contributed by atoms with van der Waals surface area (Å²) in [6.45, 7) is 4.62. The maximum absolute atomic E-state index is 6.01. The van der Waals surface area contributed by atoms with Gasteiger partial charge in [0.05, 0.1) is 18.2 Å². The molecule has 1 atom stereocenters. The van der Waals surface area contributed by atoms with Gasteiger partial charge in [0.2, 0.25) is 0 Å². The molecule has 0 N–H and O–H groups in total. The van der Waals surface area contributed by atoms with Gasteiger partial charge in [-0.05, 0) is 25.3 Å². The minimum absolute atomic E-state index is 0.391. The van der Waals surface area contributed by atoms with Crippen LogP contribution in [0.1, 0.15) is 6.92 Å². The van der Waals surface area contributed by atoms with E-state index in [9.17, 15) is 0 Å². The molecule has 0 saturated carbocycles. The Bertz CT molecular complexity index is 375. The first-order valence-electron chi connectivity index (χ1n) is 5.26. The maximum Gasteiger partial charge on any atom is 0.132 e. The second-order valence-corrected chi connectivity index (χ2v) is 5.02. The summed E-state index contributed by atoms with van der Waals surface area (Å²) < 4.78 is 5.42. The molecule has 0 radical (unpaired) electrons. The molecule has 0 unspecified atom stereocenters. The summed E-state index contributed by atoms with van der Waals surface area (Å²) >= 11 is 7.62. The first-order chi connectivity index (χ1) is 7.70. The highest BCUT2D eigenvalue weighted by Gasteiger charge is 2.19. The Morgan fingerprint density at radius 3 is 3.06 bits per heavy atom. The van der Waals surface area contributed by atoms with Crippen molar-refractivity contribution in [3.05, 3.63) is 17.3 Å². The number of hydrogen-bond donors (Lipinski definition) is 0. The monoisotopic (exact) mass is 258 g/mol. The van der Waals surface area contributed by atoms with Crippen LogP contribution >= 0.6 is 23.4 Å². The van der Waals surface area contributed by atoms with E-state index in [0.29, 0.717) is 11.2 Å². The Kier molecular flexibility index (Phi) is 3.95. The molecule has 1 fully saturated rings. The fraction of sp³-hybridized carbons (Fsp3) is 0.545. The van der Waals surface area contributed by atoms with Crippen LogP contribution in [0.5, 0.6) is 0 Å². The molecule has 5 heteroatoms. The molecule has 1 aliphatic rings. The molecular formula is C11H15ClN2OS. The first-order valence-corrected chi connectivity index (χ1v) is 6.87. The van der Waals surface area contributed by atoms with Crippen molar-refractivity contribution >= 4 is 29.1 Å². The van der Waals surface area contributed by atoms with Gasteiger partial charge in [0.15, 0.2) is 0 Å². The van der Waals surface area contributed by atoms with Crippen LogP contribution in [-0.2, 0) is 4.74 Å². The molecule has 16 heavy (non-hydrogen) atoms. The number of hydrogen-bond acceptors (Lipinski definition) is 4. The number of morpholine rings is 1. The number of aromatic nitrogens is 1. The van der Waals surface area contributed by atoms with Crippen molar-refractivity contribution in [2.75, 3.05) is 30.9 Å². The van der Waals surface area contributed by atoms with Gasteiger partial charge < -0.3 is 9.64 Å². The van der Waals surface area contributed by atoms with E-state index in [4.69, 9.17) is 16.3 Å². The lowest BCUT2D eigenvalue weighted by Gasteiger charge is -2.35. The van der Waals surface area contributed by atoms with Crippen LogP contribution in [-0.4, -0.2) is 37.0 Å². The van der Waals surface area contributed by atoms with Crippen molar-refractivity contribution < 1.29 is 4.74 Å². The SMILES string of the molecule is CSc1cc(N2CCOC[C@H]2C)cc(Cl)n1. The van der Waals surface area contributed by atoms with Crippen LogP contribution in [0.3, 0.4) is 0 Å². The molecule has 0 aromatic carbocycles. The van der Waals surface area contributed by atoms with E-state index in [-0.39, 0.29) is 0 Å². The molecule has 0 spiro atoms. The summed E-state index contributed by atoms with van der Waals surface area (Å²) in [7, 11) is 0. The van der Waals surface area contributed by atoms with Gasteiger partial charge in [-0.15, -0.1) is 11.8 Å². The molecule has 3 nitrogen and oxygen atoms in total. The fourth-order valence-electron chi connectivity index (χ4n) is 1.84. The lowest BCUT2D eigenvalue weighted by atomic mass is 10.2. The van der Waals surface area contributed by atoms with E-state index in [0.717, 1.165) is 30.5 Å². The Labute approximate surface area is 105 Å². The molecular weight excluding hydrogens is 244 g/mol. The summed E-state index contributed by atoms with van der Waals surface area (Å²) in [4.78, 5) is 6.56. The number of anilines is 1. The van der Waals surface area contributed by atoms with Crippen molar-refractivity contribution in [2.45, 2.75) is 18.0 Å². The number of ether oxygens (including phenoxy) is 1. The van der Waals surface area contributed by atoms with Crippen molar-refractivity contribution in [1.29, 1.82) is 0 Å². The van der Waals surface area contributed by atoms with Crippen molar-refractivity contribution in [3.8, 4) is 0 Å². The lowest BCUT2D eigenvalue weighted by molar-refractivity contribution is 0.0989. The molecule has 0 bridgehead atoms. The summed E-state index contributed by atoms with van der Waals surface area (Å²) in [6.07, 6.45) is 2.01. The molecule has 88 valence electrons. The summed E-state index contributed by atoms with van der Waals surface area (Å²) in [5, 5.41) is 1.52. The van der Waals surface area contributed by atoms with Gasteiger partial charge in [-0.25, -0.2) is 4.98 Å². The zero-order valence-corrected chi connectivity index (χ0v) is 11.0. The number of nitrogens with zero attached hydrogens (tertiary/aromatic N) is 2. The normalized spacial score (nSPS) is 21.2. The minimum atomic E-state index is 0.391. The van der Waals surface area contributed by atoms with Gasteiger partial charge in [-0.2, -0.15) is 0 Å². The Morgan fingerprint density at radius 1 is 1.56 bits per heavy atom. The van der Waals surface area contributed by atoms with E-state index in [2.05, 4.69) is 22.9 Å². The van der Waals surface area contributed by atoms with Crippen molar-refractivity contribution in [2.24, 2.45) is 0 Å². The average Bonchev–Trinajstić information content (AvgIpc) is 2.28. The molecule has 1 aromatic heterocycles. The number of thioether (sulfide) groups is 1. The Morgan fingerprint density at radius 2 is 2.38 bits per heavy atom. The second kappa shape index (κ2) is 5.25. The predicted octanol–water partition coefficient (Wildman–Crippen LogP) is 2.68. The molecule has 1 saturated heterocycles. The van der Waals surface area contributed by atoms with Gasteiger partial charge in [0.25, 0.3) is 0 Å². The topological polar surface area (TPSA) is 25.4 Å². The number of pyridine rings is 1. The minimum Gasteiger partial charge on any atom is -0.377 e. The third-order valence-electron chi connectivity index (χ3n) is 2.66. The Hall–Kier alpha value is -0.450. The van der Waals surface area contributed by atoms with Gasteiger partial charge in [0, 0.05) is 18.3 Å². The van der Waals surface area contributed by atoms with Crippen LogP contribution in [0.2, 0.25) is 5.15 Å². The quantitative estimate of drug-likeness (QED) is 0.602. The largest absolute Gasteiger partial charge is 0.377 e. The molecule has 0 amide bonds. The van der Waals surface area contributed by atoms with E-state index in [1.54, 1.807) is 11.8 Å². The zero-order chi connectivity index (χ0) is 11.5. The third-order valence-corrected chi connectivity index (χ3v) is 3.48. The van der Waals surface area contributed by atoms with Crippen LogP contribution in [0.15, 0.2) is 17.2 Å². The zero-order valence-electron chi connectivity index (χ0n) is 9.44. The first kappa shape index (κ1) is 12.0. The fourth-order valence-corrected chi connectivity index (χ4v) is 2.52. The molecule has 2 rings (SSSR count). The molecule has 1 aliphatic heterocycles. The van der Waals surface area contributed by atoms with Gasteiger partial charge in [-0.1, -0.05) is 11.6 Å². The maximum atomic E-state index is 6.01. The average molecular weight is 259 g/mol. The van der Waals surface area contributed by atoms with E-state index < -0.39 is 0 Å². The lowest BCUT2D eigenvalue weighted by Crippen LogP contribution is -2.43. The van der Waals surface area contributed by atoms with Crippen LogP contribution in [0, 0.1) is 0 Å². The third kappa shape index (κ3) is 2.62. The van der Waals surface area contributed by atoms with Gasteiger partial charge >= 0.3 is 0 Å². The standard InChI is InChI=1S/C11H15ClN2OS/c1-8-7-15-4-3-14(8)9-5-10(12)13-11(6-9)16-2/h5-6,8H,3-4,7H2,1-2H3/t8-/m1/s1. The second-order valence-electron chi connectivity index (χ2n) is 3.81. The number of halogens is 1. The highest BCUT2D eigenvalue weighted by atomic mass is 35.5. The molecule has 2 heterocycles. The molecule has 0 aliphatic carbocycles. The van der Waals surface area contributed by atoms with Crippen LogP contribution in [0.4, 0.5) is 5.69 Å². The van der Waals surface area contributed by atoms with Crippen molar-refractivity contribution in [1.82, 2.24) is 4.98 Å². The van der Waals surface area contributed by atoms with Crippen molar-refractivity contribution in [3.63, 3.8) is 0 Å². The Balaban J connectivity index is 2.27. The van der Waals surface area contributed by atoms with Crippen LogP contribution in [0.25, 0.3) is 0 Å². The highest BCUT2D eigenvalue weighted by molar-refractivity contribution is 7.98.